The van der Waals surface area contributed by atoms with Crippen molar-refractivity contribution in [2.45, 2.75) is 44.4 Å². The van der Waals surface area contributed by atoms with Crippen LogP contribution in [-0.4, -0.2) is 26.4 Å². The minimum atomic E-state index is 0.355. The molecule has 100 valence electrons. The number of nitrogens with one attached hydrogen (secondary N) is 1. The lowest BCUT2D eigenvalue weighted by Gasteiger charge is -2.31. The molecule has 0 unspecified atom stereocenters. The zero-order valence-corrected chi connectivity index (χ0v) is 11.3. The molecule has 3 heteroatoms. The molecular formula is C15H23NO2. The molecule has 1 aromatic carbocycles. The number of benzene rings is 1. The molecule has 0 aliphatic heterocycles. The topological polar surface area (TPSA) is 30.5 Å². The van der Waals surface area contributed by atoms with Crippen LogP contribution in [0, 0.1) is 0 Å². The molecule has 2 atom stereocenters. The van der Waals surface area contributed by atoms with E-state index in [1.54, 1.807) is 7.11 Å². The maximum absolute atomic E-state index is 5.55. The molecule has 1 aliphatic carbocycles. The quantitative estimate of drug-likeness (QED) is 0.870. The first-order valence-corrected chi connectivity index (χ1v) is 6.73. The van der Waals surface area contributed by atoms with Crippen LogP contribution in [0.4, 0.5) is 0 Å². The Kier molecular flexibility index (Phi) is 5.02. The van der Waals surface area contributed by atoms with Crippen LogP contribution in [0.3, 0.4) is 0 Å². The highest BCUT2D eigenvalue weighted by Gasteiger charge is 2.24. The van der Waals surface area contributed by atoms with Gasteiger partial charge in [0.2, 0.25) is 0 Å². The zero-order valence-electron chi connectivity index (χ0n) is 11.3. The molecule has 1 N–H and O–H groups in total. The van der Waals surface area contributed by atoms with Crippen molar-refractivity contribution in [3.63, 3.8) is 0 Å². The van der Waals surface area contributed by atoms with E-state index < -0.39 is 0 Å². The van der Waals surface area contributed by atoms with E-state index >= 15 is 0 Å². The lowest BCUT2D eigenvalue weighted by atomic mass is 9.92. The second-order valence-electron chi connectivity index (χ2n) is 4.86. The smallest absolute Gasteiger partial charge is 0.123 e. The number of para-hydroxylation sites is 1. The fourth-order valence-electron chi connectivity index (χ4n) is 2.70. The van der Waals surface area contributed by atoms with E-state index in [0.717, 1.165) is 12.3 Å². The Morgan fingerprint density at radius 1 is 1.17 bits per heavy atom. The van der Waals surface area contributed by atoms with Crippen molar-refractivity contribution in [1.82, 2.24) is 5.32 Å². The summed E-state index contributed by atoms with van der Waals surface area (Å²) in [6.45, 7) is 0.842. The molecule has 0 radical (unpaired) electrons. The van der Waals surface area contributed by atoms with Gasteiger partial charge in [-0.1, -0.05) is 31.0 Å². The third kappa shape index (κ3) is 3.24. The largest absolute Gasteiger partial charge is 0.496 e. The lowest BCUT2D eigenvalue weighted by Crippen LogP contribution is -2.42. The van der Waals surface area contributed by atoms with Gasteiger partial charge in [-0.25, -0.2) is 0 Å². The fourth-order valence-corrected chi connectivity index (χ4v) is 2.70. The number of rotatable bonds is 5. The molecule has 3 nitrogen and oxygen atoms in total. The predicted octanol–water partition coefficient (Wildman–Crippen LogP) is 2.74. The van der Waals surface area contributed by atoms with Gasteiger partial charge in [-0.15, -0.1) is 0 Å². The zero-order chi connectivity index (χ0) is 12.8. The second-order valence-corrected chi connectivity index (χ2v) is 4.86. The van der Waals surface area contributed by atoms with Crippen LogP contribution in [0.25, 0.3) is 0 Å². The normalized spacial score (nSPS) is 23.9. The van der Waals surface area contributed by atoms with E-state index in [0.29, 0.717) is 12.1 Å². The predicted molar refractivity (Wildman–Crippen MR) is 72.9 cm³/mol. The number of hydrogen-bond donors (Lipinski definition) is 1. The van der Waals surface area contributed by atoms with E-state index in [2.05, 4.69) is 11.4 Å². The monoisotopic (exact) mass is 249 g/mol. The summed E-state index contributed by atoms with van der Waals surface area (Å²) < 4.78 is 10.9. The first-order chi connectivity index (χ1) is 8.85. The summed E-state index contributed by atoms with van der Waals surface area (Å²) in [7, 11) is 3.53. The first kappa shape index (κ1) is 13.4. The molecule has 0 heterocycles. The molecule has 0 amide bonds. The van der Waals surface area contributed by atoms with Crippen molar-refractivity contribution < 1.29 is 9.47 Å². The van der Waals surface area contributed by atoms with E-state index in [1.165, 1.54) is 31.2 Å². The van der Waals surface area contributed by atoms with Gasteiger partial charge >= 0.3 is 0 Å². The van der Waals surface area contributed by atoms with Crippen molar-refractivity contribution in [3.05, 3.63) is 29.8 Å². The Hall–Kier alpha value is -1.06. The highest BCUT2D eigenvalue weighted by Crippen LogP contribution is 2.22. The Bertz CT molecular complexity index is 367. The van der Waals surface area contributed by atoms with Gasteiger partial charge in [-0.3, -0.25) is 0 Å². The van der Waals surface area contributed by atoms with Gasteiger partial charge in [0.15, 0.2) is 0 Å². The molecule has 0 spiro atoms. The van der Waals surface area contributed by atoms with Crippen molar-refractivity contribution in [3.8, 4) is 5.75 Å². The maximum atomic E-state index is 5.55. The average molecular weight is 249 g/mol. The summed E-state index contributed by atoms with van der Waals surface area (Å²) in [5.41, 5.74) is 1.21. The summed E-state index contributed by atoms with van der Waals surface area (Å²) in [6.07, 6.45) is 5.30. The third-order valence-electron chi connectivity index (χ3n) is 3.75. The van der Waals surface area contributed by atoms with Gasteiger partial charge < -0.3 is 14.8 Å². The van der Waals surface area contributed by atoms with E-state index in [9.17, 15) is 0 Å². The molecule has 0 bridgehead atoms. The molecule has 0 saturated heterocycles. The Morgan fingerprint density at radius 2 is 1.94 bits per heavy atom. The standard InChI is InChI=1S/C15H23NO2/c1-17-14-9-5-3-7-12(14)11-16-13-8-4-6-10-15(13)18-2/h3,5,7,9,13,15-16H,4,6,8,10-11H2,1-2H3/t13-,15-/m0/s1. The summed E-state index contributed by atoms with van der Waals surface area (Å²) in [6, 6.07) is 8.63. The summed E-state index contributed by atoms with van der Waals surface area (Å²) in [4.78, 5) is 0. The first-order valence-electron chi connectivity index (χ1n) is 6.73. The second kappa shape index (κ2) is 6.76. The van der Waals surface area contributed by atoms with Gasteiger partial charge in [0.1, 0.15) is 5.75 Å². The van der Waals surface area contributed by atoms with Crippen LogP contribution in [-0.2, 0) is 11.3 Å². The van der Waals surface area contributed by atoms with E-state index in [-0.39, 0.29) is 0 Å². The van der Waals surface area contributed by atoms with Crippen LogP contribution in [0.15, 0.2) is 24.3 Å². The highest BCUT2D eigenvalue weighted by molar-refractivity contribution is 5.33. The molecule has 0 aromatic heterocycles. The van der Waals surface area contributed by atoms with Gasteiger partial charge in [-0.05, 0) is 18.9 Å². The van der Waals surface area contributed by atoms with Crippen molar-refractivity contribution >= 4 is 0 Å². The van der Waals surface area contributed by atoms with Crippen molar-refractivity contribution in [1.29, 1.82) is 0 Å². The molecule has 18 heavy (non-hydrogen) atoms. The van der Waals surface area contributed by atoms with Crippen LogP contribution >= 0.6 is 0 Å². The molecular weight excluding hydrogens is 226 g/mol. The van der Waals surface area contributed by atoms with Gasteiger partial charge in [0.25, 0.3) is 0 Å². The Labute approximate surface area is 109 Å². The average Bonchev–Trinajstić information content (AvgIpc) is 2.45. The highest BCUT2D eigenvalue weighted by atomic mass is 16.5. The van der Waals surface area contributed by atoms with Crippen LogP contribution in [0.5, 0.6) is 5.75 Å². The summed E-state index contributed by atoms with van der Waals surface area (Å²) >= 11 is 0. The van der Waals surface area contributed by atoms with Crippen molar-refractivity contribution in [2.24, 2.45) is 0 Å². The molecule has 1 saturated carbocycles. The van der Waals surface area contributed by atoms with Gasteiger partial charge in [-0.2, -0.15) is 0 Å². The number of ether oxygens (including phenoxy) is 2. The third-order valence-corrected chi connectivity index (χ3v) is 3.75. The van der Waals surface area contributed by atoms with Crippen LogP contribution in [0.2, 0.25) is 0 Å². The molecule has 1 aromatic rings. The minimum Gasteiger partial charge on any atom is -0.496 e. The van der Waals surface area contributed by atoms with Crippen molar-refractivity contribution in [2.75, 3.05) is 14.2 Å². The lowest BCUT2D eigenvalue weighted by molar-refractivity contribution is 0.0412. The van der Waals surface area contributed by atoms with E-state index in [1.807, 2.05) is 25.3 Å². The van der Waals surface area contributed by atoms with Gasteiger partial charge in [0.05, 0.1) is 13.2 Å². The number of methoxy groups -OCH3 is 2. The summed E-state index contributed by atoms with van der Waals surface area (Å²) in [5, 5.41) is 3.61. The Balaban J connectivity index is 1.93. The molecule has 1 fully saturated rings. The number of hydrogen-bond acceptors (Lipinski definition) is 3. The van der Waals surface area contributed by atoms with Gasteiger partial charge in [0, 0.05) is 25.3 Å². The Morgan fingerprint density at radius 3 is 2.72 bits per heavy atom. The summed E-state index contributed by atoms with van der Waals surface area (Å²) in [5.74, 6) is 0.953. The molecule has 2 rings (SSSR count). The SMILES string of the molecule is COc1ccccc1CN[C@H]1CCCC[C@@H]1OC. The van der Waals surface area contributed by atoms with Crippen LogP contribution < -0.4 is 10.1 Å². The molecule has 1 aliphatic rings. The maximum Gasteiger partial charge on any atom is 0.123 e. The fraction of sp³-hybridized carbons (Fsp3) is 0.600. The van der Waals surface area contributed by atoms with E-state index in [4.69, 9.17) is 9.47 Å². The minimum absolute atomic E-state index is 0.355. The van der Waals surface area contributed by atoms with Crippen LogP contribution in [0.1, 0.15) is 31.2 Å².